The van der Waals surface area contributed by atoms with E-state index >= 15 is 0 Å². The molecule has 0 fully saturated rings. The van der Waals surface area contributed by atoms with Crippen molar-refractivity contribution in [1.29, 1.82) is 0 Å². The first-order chi connectivity index (χ1) is 25.8. The van der Waals surface area contributed by atoms with Gasteiger partial charge in [0, 0.05) is 36.2 Å². The number of hydrogen-bond acceptors (Lipinski definition) is 4. The second kappa shape index (κ2) is 12.3. The molecule has 4 heteroatoms. The molecule has 0 aromatic carbocycles. The van der Waals surface area contributed by atoms with E-state index in [0.29, 0.717) is 11.8 Å². The summed E-state index contributed by atoms with van der Waals surface area (Å²) in [4.78, 5) is 21.8. The molecule has 6 heterocycles. The summed E-state index contributed by atoms with van der Waals surface area (Å²) >= 11 is 0. The Labute approximate surface area is 307 Å². The van der Waals surface area contributed by atoms with Gasteiger partial charge in [0.15, 0.2) is 0 Å². The van der Waals surface area contributed by atoms with Gasteiger partial charge in [0.2, 0.25) is 0 Å². The molecule has 0 saturated heterocycles. The Kier molecular flexibility index (Phi) is 7.27. The van der Waals surface area contributed by atoms with Crippen molar-refractivity contribution >= 4 is 22.6 Å². The van der Waals surface area contributed by atoms with E-state index in [9.17, 15) is 0 Å². The van der Waals surface area contributed by atoms with Crippen molar-refractivity contribution in [2.75, 3.05) is 6.54 Å². The Balaban J connectivity index is 1.17. The number of dihydropyridines is 2. The summed E-state index contributed by atoms with van der Waals surface area (Å²) in [6.45, 7) is 0.841. The van der Waals surface area contributed by atoms with Gasteiger partial charge >= 0.3 is 0 Å². The summed E-state index contributed by atoms with van der Waals surface area (Å²) in [5.41, 5.74) is 21.2. The van der Waals surface area contributed by atoms with Gasteiger partial charge in [0.05, 0.1) is 28.9 Å². The van der Waals surface area contributed by atoms with Crippen LogP contribution in [0.4, 0.5) is 0 Å². The van der Waals surface area contributed by atoms with E-state index < -0.39 is 0 Å². The minimum atomic E-state index is 0.0855. The van der Waals surface area contributed by atoms with E-state index in [4.69, 9.17) is 20.0 Å². The van der Waals surface area contributed by atoms with Crippen LogP contribution in [0, 0.1) is 11.8 Å². The van der Waals surface area contributed by atoms with Crippen molar-refractivity contribution in [3.63, 3.8) is 0 Å². The lowest BCUT2D eigenvalue weighted by Crippen LogP contribution is -2.30. The molecule has 4 aliphatic heterocycles. The number of aliphatic imine (C=N–C) groups is 2. The highest BCUT2D eigenvalue weighted by Crippen LogP contribution is 2.45. The predicted octanol–water partition coefficient (Wildman–Crippen LogP) is 10.2. The van der Waals surface area contributed by atoms with Crippen LogP contribution < -0.4 is 0 Å². The number of pyridine rings is 2. The molecule has 14 bridgehead atoms. The highest BCUT2D eigenvalue weighted by atomic mass is 14.9. The van der Waals surface area contributed by atoms with Crippen molar-refractivity contribution in [3.8, 4) is 0 Å². The molecule has 12 rings (SSSR count). The molecule has 10 aliphatic rings. The zero-order valence-corrected chi connectivity index (χ0v) is 29.8. The molecular formula is C48H44N4. The second-order valence-corrected chi connectivity index (χ2v) is 15.9. The van der Waals surface area contributed by atoms with Crippen LogP contribution in [0.1, 0.15) is 103 Å². The van der Waals surface area contributed by atoms with Crippen LogP contribution in [0.3, 0.4) is 0 Å². The fraction of sp³-hybridized carbons (Fsp3) is 0.333. The van der Waals surface area contributed by atoms with Crippen LogP contribution in [0.5, 0.6) is 0 Å². The highest BCUT2D eigenvalue weighted by molar-refractivity contribution is 6.16. The van der Waals surface area contributed by atoms with Gasteiger partial charge < -0.3 is 0 Å². The maximum absolute atomic E-state index is 5.81. The van der Waals surface area contributed by atoms with E-state index in [0.717, 1.165) is 100.0 Å². The maximum Gasteiger partial charge on any atom is 0.0926 e. The number of allylic oxidation sites excluding steroid dienone is 16. The monoisotopic (exact) mass is 676 g/mol. The normalized spacial score (nSPS) is 27.9. The zero-order chi connectivity index (χ0) is 34.2. The lowest BCUT2D eigenvalue weighted by molar-refractivity contribution is 0.625. The molecule has 2 aromatic rings. The highest BCUT2D eigenvalue weighted by Gasteiger charge is 2.37. The molecule has 0 amide bonds. The van der Waals surface area contributed by atoms with Crippen LogP contribution in [-0.2, 0) is 12.8 Å². The van der Waals surface area contributed by atoms with Crippen LogP contribution in [0.25, 0.3) is 11.1 Å². The van der Waals surface area contributed by atoms with Crippen molar-refractivity contribution in [2.45, 2.75) is 82.6 Å². The topological polar surface area (TPSA) is 50.5 Å². The standard InChI is InChI=1S/C48H44N4/c1-3-9-29(10-4-1)41-27-43-33-15-7-13-31(25-33)35-21-23-49-45-37(35)17-18-38-36(22-24-50-46(38)45)32-14-8-16-34(26-32)44-28-42(30-11-5-2-6-12-30)40-20-19-39(41)47(51-43)48(40)52-44/h1,3-5,7-9,11-12,14-15,22,24-26,28-29,31,34,43H,2,6,10,13,16-21,23,27H2. The summed E-state index contributed by atoms with van der Waals surface area (Å²) in [5.74, 6) is 0.972. The molecule has 256 valence electrons. The quantitative estimate of drug-likeness (QED) is 0.318. The Morgan fingerprint density at radius 2 is 1.50 bits per heavy atom. The lowest BCUT2D eigenvalue weighted by atomic mass is 9.73. The minimum Gasteiger partial charge on any atom is -0.282 e. The molecule has 4 atom stereocenters. The molecule has 0 radical (unpaired) electrons. The molecule has 0 saturated carbocycles. The van der Waals surface area contributed by atoms with Gasteiger partial charge in [-0.2, -0.15) is 0 Å². The third-order valence-corrected chi connectivity index (χ3v) is 13.0. The van der Waals surface area contributed by atoms with Crippen molar-refractivity contribution in [1.82, 2.24) is 9.97 Å². The first-order valence-electron chi connectivity index (χ1n) is 19.8. The first kappa shape index (κ1) is 30.6. The molecule has 2 aromatic heterocycles. The molecule has 6 aliphatic carbocycles. The molecule has 0 N–H and O–H groups in total. The van der Waals surface area contributed by atoms with Gasteiger partial charge in [-0.25, -0.2) is 0 Å². The molecule has 52 heavy (non-hydrogen) atoms. The fourth-order valence-electron chi connectivity index (χ4n) is 10.5. The van der Waals surface area contributed by atoms with Crippen LogP contribution in [0.15, 0.2) is 135 Å². The van der Waals surface area contributed by atoms with Gasteiger partial charge in [0.25, 0.3) is 0 Å². The largest absolute Gasteiger partial charge is 0.282 e. The summed E-state index contributed by atoms with van der Waals surface area (Å²) in [7, 11) is 0. The van der Waals surface area contributed by atoms with Crippen LogP contribution >= 0.6 is 0 Å². The Morgan fingerprint density at radius 3 is 2.38 bits per heavy atom. The first-order valence-corrected chi connectivity index (χ1v) is 19.8. The Hall–Kier alpha value is -4.96. The number of aromatic nitrogens is 2. The summed E-state index contributed by atoms with van der Waals surface area (Å²) in [6, 6.07) is 4.77. The summed E-state index contributed by atoms with van der Waals surface area (Å²) in [5, 5.41) is 0. The minimum absolute atomic E-state index is 0.0855. The van der Waals surface area contributed by atoms with E-state index in [2.05, 4.69) is 91.1 Å². The smallest absolute Gasteiger partial charge is 0.0926 e. The Bertz CT molecular complexity index is 2320. The summed E-state index contributed by atoms with van der Waals surface area (Å²) in [6.07, 6.45) is 44.4. The molecular weight excluding hydrogens is 633 g/mol. The Morgan fingerprint density at radius 1 is 0.654 bits per heavy atom. The average molecular weight is 677 g/mol. The van der Waals surface area contributed by atoms with Crippen molar-refractivity contribution in [2.24, 2.45) is 21.8 Å². The third-order valence-electron chi connectivity index (χ3n) is 13.0. The maximum atomic E-state index is 5.81. The number of nitrogens with zero attached hydrogens (tertiary/aromatic N) is 4. The second-order valence-electron chi connectivity index (χ2n) is 15.9. The number of fused-ring (bicyclic) bond motifs is 1. The van der Waals surface area contributed by atoms with Gasteiger partial charge in [-0.3, -0.25) is 20.0 Å². The fourth-order valence-corrected chi connectivity index (χ4v) is 10.5. The van der Waals surface area contributed by atoms with Crippen molar-refractivity contribution < 1.29 is 0 Å². The van der Waals surface area contributed by atoms with E-state index in [1.807, 2.05) is 6.20 Å². The lowest BCUT2D eigenvalue weighted by Gasteiger charge is -2.36. The van der Waals surface area contributed by atoms with E-state index in [1.54, 1.807) is 11.1 Å². The number of rotatable bonds is 2. The zero-order valence-electron chi connectivity index (χ0n) is 29.8. The molecule has 0 spiro atoms. The van der Waals surface area contributed by atoms with E-state index in [1.165, 1.54) is 55.8 Å². The van der Waals surface area contributed by atoms with Crippen LogP contribution in [0.2, 0.25) is 0 Å². The SMILES string of the molecule is C1=CCC(C2=C3CCc4c(C5=CCCC=C5)cc5nc4C3=NC(C2)C2=CC(CC=C2)C2=C3CCc4c(ccnc4C3=NCC2)C2=CC5CC=C2)C=C1. The average Bonchev–Trinajstić information content (AvgIpc) is 3.22. The summed E-state index contributed by atoms with van der Waals surface area (Å²) < 4.78 is 0. The van der Waals surface area contributed by atoms with E-state index in [-0.39, 0.29) is 12.0 Å². The third kappa shape index (κ3) is 4.94. The predicted molar refractivity (Wildman–Crippen MR) is 213 cm³/mol. The van der Waals surface area contributed by atoms with Gasteiger partial charge in [-0.1, -0.05) is 90.1 Å². The van der Waals surface area contributed by atoms with Gasteiger partial charge in [-0.05, 0) is 133 Å². The molecule has 4 nitrogen and oxygen atoms in total. The number of hydrogen-bond donors (Lipinski definition) is 0. The molecule has 4 unspecified atom stereocenters. The van der Waals surface area contributed by atoms with Gasteiger partial charge in [0.1, 0.15) is 0 Å². The van der Waals surface area contributed by atoms with Gasteiger partial charge in [-0.15, -0.1) is 0 Å². The van der Waals surface area contributed by atoms with Crippen molar-refractivity contribution in [3.05, 3.63) is 165 Å². The van der Waals surface area contributed by atoms with Crippen LogP contribution in [-0.4, -0.2) is 34.0 Å².